The first kappa shape index (κ1) is 24.4. The highest BCUT2D eigenvalue weighted by Crippen LogP contribution is 2.27. The first-order valence-electron chi connectivity index (χ1n) is 10.2. The van der Waals surface area contributed by atoms with Gasteiger partial charge in [-0.3, -0.25) is 13.9 Å². The molecule has 1 atom stereocenters. The van der Waals surface area contributed by atoms with E-state index in [9.17, 15) is 18.0 Å². The summed E-state index contributed by atoms with van der Waals surface area (Å²) in [5, 5.41) is 2.74. The third kappa shape index (κ3) is 6.30. The number of benzene rings is 2. The first-order valence-corrected chi connectivity index (χ1v) is 12.1. The minimum Gasteiger partial charge on any atom is -0.355 e. The second-order valence-electron chi connectivity index (χ2n) is 7.59. The number of amides is 2. The predicted octanol–water partition coefficient (Wildman–Crippen LogP) is 2.62. The molecule has 2 rings (SSSR count). The Balaban J connectivity index is 2.42. The van der Waals surface area contributed by atoms with Crippen LogP contribution in [0.15, 0.2) is 48.5 Å². The van der Waals surface area contributed by atoms with Crippen molar-refractivity contribution in [1.82, 2.24) is 10.2 Å². The molecule has 0 fully saturated rings. The molecule has 0 bridgehead atoms. The molecule has 0 unspecified atom stereocenters. The molecule has 31 heavy (non-hydrogen) atoms. The molecule has 0 aliphatic rings. The van der Waals surface area contributed by atoms with Crippen LogP contribution in [0.1, 0.15) is 30.5 Å². The number of rotatable bonds is 9. The lowest BCUT2D eigenvalue weighted by molar-refractivity contribution is -0.139. The molecular weight excluding hydrogens is 414 g/mol. The van der Waals surface area contributed by atoms with Crippen LogP contribution >= 0.6 is 0 Å². The topological polar surface area (TPSA) is 86.8 Å². The summed E-state index contributed by atoms with van der Waals surface area (Å²) in [6, 6.07) is 14.0. The third-order valence-electron chi connectivity index (χ3n) is 5.08. The van der Waals surface area contributed by atoms with E-state index in [4.69, 9.17) is 0 Å². The zero-order chi connectivity index (χ0) is 23.2. The smallest absolute Gasteiger partial charge is 0.244 e. The minimum atomic E-state index is -3.74. The van der Waals surface area contributed by atoms with Crippen molar-refractivity contribution in [2.24, 2.45) is 0 Å². The van der Waals surface area contributed by atoms with E-state index in [1.165, 1.54) is 4.90 Å². The standard InChI is InChI=1S/C23H31N3O4S/c1-6-24-23(28)19(4)25(15-20-13-8-7-9-14-20)21(27)16-26(31(5,29)30)22-17(2)11-10-12-18(22)3/h7-14,19H,6,15-16H2,1-5H3,(H,24,28)/t19-/m0/s1. The van der Waals surface area contributed by atoms with Gasteiger partial charge in [-0.2, -0.15) is 0 Å². The van der Waals surface area contributed by atoms with Gasteiger partial charge in [0.1, 0.15) is 12.6 Å². The van der Waals surface area contributed by atoms with E-state index >= 15 is 0 Å². The molecule has 168 valence electrons. The van der Waals surface area contributed by atoms with Crippen LogP contribution < -0.4 is 9.62 Å². The van der Waals surface area contributed by atoms with Crippen LogP contribution in [-0.2, 0) is 26.2 Å². The quantitative estimate of drug-likeness (QED) is 0.643. The van der Waals surface area contributed by atoms with Gasteiger partial charge in [-0.25, -0.2) is 8.42 Å². The number of likely N-dealkylation sites (N-methyl/N-ethyl adjacent to an activating group) is 1. The number of hydrogen-bond acceptors (Lipinski definition) is 4. The van der Waals surface area contributed by atoms with Crippen molar-refractivity contribution in [3.05, 3.63) is 65.2 Å². The van der Waals surface area contributed by atoms with Crippen LogP contribution in [0, 0.1) is 13.8 Å². The van der Waals surface area contributed by atoms with Crippen molar-refractivity contribution in [2.75, 3.05) is 23.7 Å². The Kier molecular flexibility index (Phi) is 8.21. The summed E-state index contributed by atoms with van der Waals surface area (Å²) in [5.41, 5.74) is 2.85. The van der Waals surface area contributed by atoms with Crippen LogP contribution in [0.3, 0.4) is 0 Å². The van der Waals surface area contributed by atoms with Gasteiger partial charge in [0.15, 0.2) is 0 Å². The van der Waals surface area contributed by atoms with Gasteiger partial charge in [0.05, 0.1) is 11.9 Å². The molecule has 0 radical (unpaired) electrons. The number of sulfonamides is 1. The lowest BCUT2D eigenvalue weighted by Gasteiger charge is -2.32. The van der Waals surface area contributed by atoms with E-state index in [1.807, 2.05) is 62.4 Å². The molecule has 0 spiro atoms. The number of carbonyl (C=O) groups excluding carboxylic acids is 2. The zero-order valence-corrected chi connectivity index (χ0v) is 19.6. The van der Waals surface area contributed by atoms with Crippen LogP contribution in [0.25, 0.3) is 0 Å². The summed E-state index contributed by atoms with van der Waals surface area (Å²) in [7, 11) is -3.74. The van der Waals surface area contributed by atoms with E-state index in [0.29, 0.717) is 12.2 Å². The zero-order valence-electron chi connectivity index (χ0n) is 18.8. The molecule has 0 aliphatic carbocycles. The summed E-state index contributed by atoms with van der Waals surface area (Å²) >= 11 is 0. The monoisotopic (exact) mass is 445 g/mol. The molecule has 8 heteroatoms. The molecule has 2 aromatic carbocycles. The summed E-state index contributed by atoms with van der Waals surface area (Å²) in [5.74, 6) is -0.736. The number of nitrogens with one attached hydrogen (secondary N) is 1. The van der Waals surface area contributed by atoms with Crippen molar-refractivity contribution < 1.29 is 18.0 Å². The Bertz CT molecular complexity index is 1000. The molecule has 2 amide bonds. The van der Waals surface area contributed by atoms with Gasteiger partial charge < -0.3 is 10.2 Å². The lowest BCUT2D eigenvalue weighted by atomic mass is 10.1. The van der Waals surface area contributed by atoms with Crippen molar-refractivity contribution in [3.8, 4) is 0 Å². The van der Waals surface area contributed by atoms with Crippen LogP contribution in [0.2, 0.25) is 0 Å². The van der Waals surface area contributed by atoms with Gasteiger partial charge in [-0.15, -0.1) is 0 Å². The average molecular weight is 446 g/mol. The van der Waals surface area contributed by atoms with Gasteiger partial charge >= 0.3 is 0 Å². The number of aryl methyl sites for hydroxylation is 2. The molecule has 0 heterocycles. The predicted molar refractivity (Wildman–Crippen MR) is 123 cm³/mol. The van der Waals surface area contributed by atoms with Crippen LogP contribution in [-0.4, -0.2) is 50.5 Å². The number of hydrogen-bond donors (Lipinski definition) is 1. The Morgan fingerprint density at radius 2 is 1.58 bits per heavy atom. The summed E-state index contributed by atoms with van der Waals surface area (Å²) < 4.78 is 26.4. The first-order chi connectivity index (χ1) is 14.6. The Hall–Kier alpha value is -2.87. The van der Waals surface area contributed by atoms with E-state index in [0.717, 1.165) is 27.3 Å². The summed E-state index contributed by atoms with van der Waals surface area (Å²) in [6.07, 6.45) is 1.08. The highest BCUT2D eigenvalue weighted by atomic mass is 32.2. The molecule has 0 aliphatic heterocycles. The van der Waals surface area contributed by atoms with Crippen molar-refractivity contribution >= 4 is 27.5 Å². The number of para-hydroxylation sites is 1. The fraction of sp³-hybridized carbons (Fsp3) is 0.391. The van der Waals surface area contributed by atoms with Gasteiger partial charge in [0, 0.05) is 13.1 Å². The molecule has 1 N–H and O–H groups in total. The Morgan fingerprint density at radius 3 is 2.10 bits per heavy atom. The molecule has 0 saturated carbocycles. The molecular formula is C23H31N3O4S. The van der Waals surface area contributed by atoms with Gasteiger partial charge in [0.25, 0.3) is 0 Å². The van der Waals surface area contributed by atoms with Crippen molar-refractivity contribution in [1.29, 1.82) is 0 Å². The fourth-order valence-electron chi connectivity index (χ4n) is 3.46. The summed E-state index contributed by atoms with van der Waals surface area (Å²) in [6.45, 7) is 7.32. The fourth-order valence-corrected chi connectivity index (χ4v) is 4.42. The number of nitrogens with zero attached hydrogens (tertiary/aromatic N) is 2. The molecule has 2 aromatic rings. The highest BCUT2D eigenvalue weighted by Gasteiger charge is 2.30. The van der Waals surface area contributed by atoms with Crippen LogP contribution in [0.5, 0.6) is 0 Å². The van der Waals surface area contributed by atoms with Gasteiger partial charge in [-0.1, -0.05) is 48.5 Å². The highest BCUT2D eigenvalue weighted by molar-refractivity contribution is 7.92. The third-order valence-corrected chi connectivity index (χ3v) is 6.19. The normalized spacial score (nSPS) is 12.2. The maximum absolute atomic E-state index is 13.4. The largest absolute Gasteiger partial charge is 0.355 e. The Labute approximate surface area is 185 Å². The Morgan fingerprint density at radius 1 is 1.00 bits per heavy atom. The van der Waals surface area contributed by atoms with Crippen molar-refractivity contribution in [2.45, 2.75) is 40.3 Å². The van der Waals surface area contributed by atoms with E-state index in [-0.39, 0.29) is 19.0 Å². The average Bonchev–Trinajstić information content (AvgIpc) is 2.70. The number of anilines is 1. The summed E-state index contributed by atoms with van der Waals surface area (Å²) in [4.78, 5) is 27.3. The second-order valence-corrected chi connectivity index (χ2v) is 9.49. The van der Waals surface area contributed by atoms with Gasteiger partial charge in [0.2, 0.25) is 21.8 Å². The number of carbonyl (C=O) groups is 2. The maximum atomic E-state index is 13.4. The molecule has 7 nitrogen and oxygen atoms in total. The van der Waals surface area contributed by atoms with Crippen LogP contribution in [0.4, 0.5) is 5.69 Å². The lowest BCUT2D eigenvalue weighted by Crippen LogP contribution is -2.51. The van der Waals surface area contributed by atoms with E-state index < -0.39 is 22.0 Å². The van der Waals surface area contributed by atoms with Crippen molar-refractivity contribution in [3.63, 3.8) is 0 Å². The molecule has 0 aromatic heterocycles. The SMILES string of the molecule is CCNC(=O)[C@H](C)N(Cc1ccccc1)C(=O)CN(c1c(C)cccc1C)S(C)(=O)=O. The second kappa shape index (κ2) is 10.4. The van der Waals surface area contributed by atoms with E-state index in [2.05, 4.69) is 5.32 Å². The maximum Gasteiger partial charge on any atom is 0.244 e. The minimum absolute atomic E-state index is 0.197. The molecule has 0 saturated heterocycles. The van der Waals surface area contributed by atoms with E-state index in [1.54, 1.807) is 13.8 Å². The van der Waals surface area contributed by atoms with Gasteiger partial charge in [-0.05, 0) is 44.4 Å².